The van der Waals surface area contributed by atoms with Gasteiger partial charge in [-0.15, -0.1) is 11.3 Å². The Hall–Kier alpha value is -2.33. The van der Waals surface area contributed by atoms with Crippen molar-refractivity contribution < 1.29 is 27.1 Å². The van der Waals surface area contributed by atoms with Crippen LogP contribution in [-0.4, -0.2) is 61.7 Å². The van der Waals surface area contributed by atoms with E-state index in [2.05, 4.69) is 10.6 Å². The largest absolute Gasteiger partial charge is 0.444 e. The number of nitrogens with zero attached hydrogens (tertiary/aromatic N) is 1. The lowest BCUT2D eigenvalue weighted by Gasteiger charge is -2.33. The molecule has 2 atom stereocenters. The van der Waals surface area contributed by atoms with Crippen molar-refractivity contribution in [3.63, 3.8) is 0 Å². The molecule has 188 valence electrons. The van der Waals surface area contributed by atoms with Gasteiger partial charge in [0.05, 0.1) is 22.8 Å². The number of hydrogen-bond donors (Lipinski definition) is 2. The molecule has 1 aromatic heterocycles. The molecule has 34 heavy (non-hydrogen) atoms. The molecule has 0 radical (unpaired) electrons. The number of alkyl carbamates (subject to hydrolysis) is 1. The molecule has 1 amide bonds. The van der Waals surface area contributed by atoms with Crippen LogP contribution in [0.5, 0.6) is 0 Å². The maximum atomic E-state index is 14.6. The zero-order valence-electron chi connectivity index (χ0n) is 19.8. The average Bonchev–Trinajstić information content (AvgIpc) is 3.03. The Balaban J connectivity index is 1.84. The molecule has 1 fully saturated rings. The minimum absolute atomic E-state index is 0.110. The van der Waals surface area contributed by atoms with E-state index in [0.717, 1.165) is 6.54 Å². The Morgan fingerprint density at radius 2 is 2.03 bits per heavy atom. The first-order valence-electron chi connectivity index (χ1n) is 11.2. The first-order chi connectivity index (χ1) is 15.8. The first kappa shape index (κ1) is 26.3. The smallest absolute Gasteiger partial charge is 0.407 e. The molecule has 1 aliphatic heterocycles. The van der Waals surface area contributed by atoms with E-state index in [9.17, 15) is 22.4 Å². The van der Waals surface area contributed by atoms with Crippen molar-refractivity contribution in [2.24, 2.45) is 0 Å². The topological polar surface area (TPSA) is 53.6 Å². The van der Waals surface area contributed by atoms with Crippen LogP contribution in [0, 0.1) is 0 Å². The summed E-state index contributed by atoms with van der Waals surface area (Å²) in [5.74, 6) is 0. The zero-order chi connectivity index (χ0) is 25.1. The minimum atomic E-state index is -4.38. The van der Waals surface area contributed by atoms with E-state index in [1.54, 1.807) is 51.1 Å². The van der Waals surface area contributed by atoms with Crippen LogP contribution in [0.3, 0.4) is 0 Å². The molecule has 10 heteroatoms. The van der Waals surface area contributed by atoms with Crippen molar-refractivity contribution in [3.8, 4) is 0 Å². The number of amides is 1. The van der Waals surface area contributed by atoms with Crippen LogP contribution in [0.2, 0.25) is 0 Å². The lowest BCUT2D eigenvalue weighted by Crippen LogP contribution is -2.46. The molecule has 0 bridgehead atoms. The molecule has 2 heterocycles. The third-order valence-corrected chi connectivity index (χ3v) is 6.59. The number of carbonyl (C=O) groups is 1. The summed E-state index contributed by atoms with van der Waals surface area (Å²) in [7, 11) is 1.86. The van der Waals surface area contributed by atoms with Gasteiger partial charge in [0, 0.05) is 24.5 Å². The number of fused-ring (bicyclic) bond motifs is 1. The fourth-order valence-electron chi connectivity index (χ4n) is 3.86. The zero-order valence-corrected chi connectivity index (χ0v) is 20.6. The molecule has 5 nitrogen and oxygen atoms in total. The van der Waals surface area contributed by atoms with E-state index < -0.39 is 36.5 Å². The Kier molecular flexibility index (Phi) is 8.13. The van der Waals surface area contributed by atoms with Crippen LogP contribution in [0.15, 0.2) is 24.3 Å². The summed E-state index contributed by atoms with van der Waals surface area (Å²) in [5.41, 5.74) is 0.161. The predicted molar refractivity (Wildman–Crippen MR) is 129 cm³/mol. The number of halogens is 4. The molecule has 0 saturated carbocycles. The fraction of sp³-hybridized carbons (Fsp3) is 0.542. The van der Waals surface area contributed by atoms with E-state index in [1.165, 1.54) is 11.3 Å². The fourth-order valence-corrected chi connectivity index (χ4v) is 5.09. The monoisotopic (exact) mass is 501 g/mol. The summed E-state index contributed by atoms with van der Waals surface area (Å²) in [6.45, 7) is 6.40. The van der Waals surface area contributed by atoms with Crippen molar-refractivity contribution in [1.29, 1.82) is 0 Å². The number of anilines is 1. The highest BCUT2D eigenvalue weighted by atomic mass is 32.1. The van der Waals surface area contributed by atoms with Crippen LogP contribution in [0.4, 0.5) is 28.0 Å². The molecule has 1 aromatic carbocycles. The average molecular weight is 502 g/mol. The van der Waals surface area contributed by atoms with E-state index in [4.69, 9.17) is 4.74 Å². The van der Waals surface area contributed by atoms with Crippen molar-refractivity contribution in [2.75, 3.05) is 32.0 Å². The third kappa shape index (κ3) is 7.33. The molecule has 1 saturated heterocycles. The second-order valence-corrected chi connectivity index (χ2v) is 10.6. The van der Waals surface area contributed by atoms with Gasteiger partial charge in [-0.3, -0.25) is 0 Å². The maximum Gasteiger partial charge on any atom is 0.407 e. The molecule has 0 unspecified atom stereocenters. The standard InChI is InChI=1S/C24H31F4N3O2S/c1-23(2,3)33-22(32)29-11-6-9-20-16(13-24(26,27)28)15-7-5-8-19(21(15)34-20)30-18-10-12-31(4)14-17(18)25/h5-9,17-18,30H,10-14H2,1-4H3,(H,29,32)/b9-6+/t17-,18+/m0/s1. The van der Waals surface area contributed by atoms with Crippen LogP contribution >= 0.6 is 11.3 Å². The summed E-state index contributed by atoms with van der Waals surface area (Å²) >= 11 is 1.22. The number of piperidine rings is 1. The summed E-state index contributed by atoms with van der Waals surface area (Å²) in [6.07, 6.45) is -3.34. The summed E-state index contributed by atoms with van der Waals surface area (Å²) in [5, 5.41) is 6.29. The van der Waals surface area contributed by atoms with Gasteiger partial charge in [0.15, 0.2) is 0 Å². The van der Waals surface area contributed by atoms with Gasteiger partial charge >= 0.3 is 12.3 Å². The number of benzene rings is 1. The lowest BCUT2D eigenvalue weighted by molar-refractivity contribution is -0.126. The molecular formula is C24H31F4N3O2S. The minimum Gasteiger partial charge on any atom is -0.444 e. The SMILES string of the molecule is CN1CC[C@@H](Nc2cccc3c(CC(F)(F)F)c(/C=C/CNC(=O)OC(C)(C)C)sc23)[C@@H](F)C1. The third-order valence-electron chi connectivity index (χ3n) is 5.34. The van der Waals surface area contributed by atoms with Crippen LogP contribution < -0.4 is 10.6 Å². The van der Waals surface area contributed by atoms with Crippen LogP contribution in [-0.2, 0) is 11.2 Å². The Bertz CT molecular complexity index is 1030. The Labute approximate surface area is 201 Å². The van der Waals surface area contributed by atoms with E-state index >= 15 is 0 Å². The number of ether oxygens (including phenoxy) is 1. The van der Waals surface area contributed by atoms with Gasteiger partial charge in [0.2, 0.25) is 0 Å². The van der Waals surface area contributed by atoms with Gasteiger partial charge in [-0.05, 0) is 57.3 Å². The number of hydrogen-bond acceptors (Lipinski definition) is 5. The first-order valence-corrected chi connectivity index (χ1v) is 12.0. The number of alkyl halides is 4. The Morgan fingerprint density at radius 3 is 2.68 bits per heavy atom. The molecule has 2 N–H and O–H groups in total. The van der Waals surface area contributed by atoms with Crippen LogP contribution in [0.25, 0.3) is 16.2 Å². The highest BCUT2D eigenvalue weighted by Gasteiger charge is 2.32. The van der Waals surface area contributed by atoms with Crippen molar-refractivity contribution >= 4 is 39.3 Å². The number of nitrogens with one attached hydrogen (secondary N) is 2. The Morgan fingerprint density at radius 1 is 1.29 bits per heavy atom. The number of carbonyl (C=O) groups excluding carboxylic acids is 1. The van der Waals surface area contributed by atoms with E-state index in [0.29, 0.717) is 33.6 Å². The maximum absolute atomic E-state index is 14.6. The molecule has 0 aliphatic carbocycles. The molecular weight excluding hydrogens is 470 g/mol. The normalized spacial score (nSPS) is 20.1. The number of thiophene rings is 1. The van der Waals surface area contributed by atoms with E-state index in [-0.39, 0.29) is 12.1 Å². The van der Waals surface area contributed by atoms with Gasteiger partial charge < -0.3 is 20.3 Å². The van der Waals surface area contributed by atoms with Crippen molar-refractivity contribution in [2.45, 2.75) is 57.6 Å². The summed E-state index contributed by atoms with van der Waals surface area (Å²) in [4.78, 5) is 14.2. The van der Waals surface area contributed by atoms with Crippen LogP contribution in [0.1, 0.15) is 37.6 Å². The second-order valence-electron chi connectivity index (χ2n) is 9.52. The van der Waals surface area contributed by atoms with Gasteiger partial charge in [0.25, 0.3) is 0 Å². The molecule has 1 aliphatic rings. The van der Waals surface area contributed by atoms with Gasteiger partial charge in [-0.25, -0.2) is 9.18 Å². The quantitative estimate of drug-likeness (QED) is 0.477. The number of rotatable bonds is 6. The van der Waals surface area contributed by atoms with E-state index in [1.807, 2.05) is 11.9 Å². The van der Waals surface area contributed by atoms with Crippen molar-refractivity contribution in [3.05, 3.63) is 34.7 Å². The second kappa shape index (κ2) is 10.5. The molecule has 2 aromatic rings. The molecule has 0 spiro atoms. The summed E-state index contributed by atoms with van der Waals surface area (Å²) in [6, 6.07) is 4.73. The predicted octanol–water partition coefficient (Wildman–Crippen LogP) is 6.00. The van der Waals surface area contributed by atoms with Gasteiger partial charge in [0.1, 0.15) is 11.8 Å². The summed E-state index contributed by atoms with van der Waals surface area (Å²) < 4.78 is 60.5. The lowest BCUT2D eigenvalue weighted by atomic mass is 10.0. The number of likely N-dealkylation sites (tertiary alicyclic amines) is 1. The van der Waals surface area contributed by atoms with Gasteiger partial charge in [-0.2, -0.15) is 13.2 Å². The van der Waals surface area contributed by atoms with Crippen molar-refractivity contribution in [1.82, 2.24) is 10.2 Å². The highest BCUT2D eigenvalue weighted by molar-refractivity contribution is 7.20. The van der Waals surface area contributed by atoms with Gasteiger partial charge in [-0.1, -0.05) is 18.2 Å². The molecule has 3 rings (SSSR count). The highest BCUT2D eigenvalue weighted by Crippen LogP contribution is 2.40.